The zero-order valence-electron chi connectivity index (χ0n) is 15.4. The third kappa shape index (κ3) is 3.40. The van der Waals surface area contributed by atoms with Gasteiger partial charge in [0, 0.05) is 24.7 Å². The number of hydrogen-bond acceptors (Lipinski definition) is 3. The van der Waals surface area contributed by atoms with Crippen LogP contribution in [-0.4, -0.2) is 29.9 Å². The summed E-state index contributed by atoms with van der Waals surface area (Å²) >= 11 is 0. The first-order valence-corrected chi connectivity index (χ1v) is 9.28. The molecule has 1 saturated carbocycles. The molecule has 3 atom stereocenters. The number of benzene rings is 1. The van der Waals surface area contributed by atoms with Gasteiger partial charge in [0.05, 0.1) is 0 Å². The van der Waals surface area contributed by atoms with Crippen LogP contribution in [0.25, 0.3) is 11.3 Å². The highest BCUT2D eigenvalue weighted by atomic mass is 35.5. The summed E-state index contributed by atoms with van der Waals surface area (Å²) in [5.74, 6) is 2.66. The SMILES string of the molecule is CC(C)c1cccc(-c2ccc(C(=O)N3CC4CCC(N)C4C3)o2)c1.Cl. The van der Waals surface area contributed by atoms with E-state index in [1.54, 1.807) is 6.07 Å². The molecular formula is C21H27ClN2O2. The van der Waals surface area contributed by atoms with Gasteiger partial charge >= 0.3 is 0 Å². The summed E-state index contributed by atoms with van der Waals surface area (Å²) in [6, 6.07) is 12.3. The minimum Gasteiger partial charge on any atom is -0.451 e. The van der Waals surface area contributed by atoms with Crippen molar-refractivity contribution in [1.82, 2.24) is 4.90 Å². The summed E-state index contributed by atoms with van der Waals surface area (Å²) in [4.78, 5) is 14.7. The number of furan rings is 1. The highest BCUT2D eigenvalue weighted by molar-refractivity contribution is 5.92. The lowest BCUT2D eigenvalue weighted by molar-refractivity contribution is 0.0749. The van der Waals surface area contributed by atoms with E-state index in [4.69, 9.17) is 10.2 Å². The monoisotopic (exact) mass is 374 g/mol. The van der Waals surface area contributed by atoms with E-state index < -0.39 is 0 Å². The molecule has 1 aromatic carbocycles. The summed E-state index contributed by atoms with van der Waals surface area (Å²) in [5, 5.41) is 0. The second-order valence-electron chi connectivity index (χ2n) is 7.82. The number of nitrogens with two attached hydrogens (primary N) is 1. The summed E-state index contributed by atoms with van der Waals surface area (Å²) in [7, 11) is 0. The predicted octanol–water partition coefficient (Wildman–Crippen LogP) is 4.30. The topological polar surface area (TPSA) is 59.5 Å². The van der Waals surface area contributed by atoms with E-state index >= 15 is 0 Å². The third-order valence-electron chi connectivity index (χ3n) is 5.85. The van der Waals surface area contributed by atoms with Crippen molar-refractivity contribution in [2.75, 3.05) is 13.1 Å². The quantitative estimate of drug-likeness (QED) is 0.871. The van der Waals surface area contributed by atoms with Crippen LogP contribution in [0.5, 0.6) is 0 Å². The largest absolute Gasteiger partial charge is 0.451 e. The predicted molar refractivity (Wildman–Crippen MR) is 106 cm³/mol. The lowest BCUT2D eigenvalue weighted by atomic mass is 9.98. The van der Waals surface area contributed by atoms with Crippen LogP contribution in [-0.2, 0) is 0 Å². The summed E-state index contributed by atoms with van der Waals surface area (Å²) in [6.07, 6.45) is 2.23. The van der Waals surface area contributed by atoms with E-state index in [0.29, 0.717) is 23.5 Å². The molecule has 4 rings (SSSR count). The van der Waals surface area contributed by atoms with Crippen molar-refractivity contribution in [3.8, 4) is 11.3 Å². The van der Waals surface area contributed by atoms with Crippen molar-refractivity contribution in [3.63, 3.8) is 0 Å². The molecule has 0 radical (unpaired) electrons. The van der Waals surface area contributed by atoms with Gasteiger partial charge in [0.2, 0.25) is 0 Å². The van der Waals surface area contributed by atoms with E-state index in [0.717, 1.165) is 37.3 Å². The fourth-order valence-corrected chi connectivity index (χ4v) is 4.29. The molecule has 2 fully saturated rings. The maximum atomic E-state index is 12.8. The number of rotatable bonds is 3. The van der Waals surface area contributed by atoms with Crippen molar-refractivity contribution in [3.05, 3.63) is 47.7 Å². The zero-order chi connectivity index (χ0) is 17.6. The Morgan fingerprint density at radius 3 is 2.73 bits per heavy atom. The van der Waals surface area contributed by atoms with Crippen molar-refractivity contribution in [2.45, 2.75) is 38.6 Å². The third-order valence-corrected chi connectivity index (χ3v) is 5.85. The normalized spacial score (nSPS) is 24.6. The van der Waals surface area contributed by atoms with Crippen LogP contribution < -0.4 is 5.73 Å². The van der Waals surface area contributed by atoms with E-state index in [-0.39, 0.29) is 24.4 Å². The summed E-state index contributed by atoms with van der Waals surface area (Å²) in [6.45, 7) is 5.93. The number of nitrogens with zero attached hydrogens (tertiary/aromatic N) is 1. The van der Waals surface area contributed by atoms with Crippen LogP contribution in [0, 0.1) is 11.8 Å². The number of hydrogen-bond donors (Lipinski definition) is 1. The van der Waals surface area contributed by atoms with Gasteiger partial charge in [-0.2, -0.15) is 0 Å². The molecule has 1 aromatic heterocycles. The first-order chi connectivity index (χ1) is 12.0. The van der Waals surface area contributed by atoms with Crippen LogP contribution in [0.3, 0.4) is 0 Å². The Labute approximate surface area is 161 Å². The smallest absolute Gasteiger partial charge is 0.289 e. The molecule has 26 heavy (non-hydrogen) atoms. The lowest BCUT2D eigenvalue weighted by Gasteiger charge is -2.17. The number of carbonyl (C=O) groups excluding carboxylic acids is 1. The maximum Gasteiger partial charge on any atom is 0.289 e. The van der Waals surface area contributed by atoms with Crippen molar-refractivity contribution in [1.29, 1.82) is 0 Å². The zero-order valence-corrected chi connectivity index (χ0v) is 16.2. The molecule has 2 heterocycles. The van der Waals surface area contributed by atoms with E-state index in [1.807, 2.05) is 23.1 Å². The molecule has 1 aliphatic carbocycles. The molecule has 1 saturated heterocycles. The van der Waals surface area contributed by atoms with Crippen LogP contribution >= 0.6 is 12.4 Å². The van der Waals surface area contributed by atoms with Crippen LogP contribution in [0.15, 0.2) is 40.8 Å². The molecule has 1 amide bonds. The number of amides is 1. The first-order valence-electron chi connectivity index (χ1n) is 9.28. The molecule has 4 nitrogen and oxygen atoms in total. The van der Waals surface area contributed by atoms with Gasteiger partial charge in [0.1, 0.15) is 5.76 Å². The molecule has 5 heteroatoms. The van der Waals surface area contributed by atoms with Crippen LogP contribution in [0.1, 0.15) is 48.7 Å². The Morgan fingerprint density at radius 2 is 2.00 bits per heavy atom. The fourth-order valence-electron chi connectivity index (χ4n) is 4.29. The second kappa shape index (κ2) is 7.45. The Morgan fingerprint density at radius 1 is 1.19 bits per heavy atom. The Kier molecular flexibility index (Phi) is 5.44. The van der Waals surface area contributed by atoms with E-state index in [9.17, 15) is 4.79 Å². The van der Waals surface area contributed by atoms with Gasteiger partial charge in [-0.25, -0.2) is 0 Å². The molecule has 1 aliphatic heterocycles. The van der Waals surface area contributed by atoms with Gasteiger partial charge in [-0.3, -0.25) is 4.79 Å². The molecule has 0 bridgehead atoms. The van der Waals surface area contributed by atoms with Gasteiger partial charge < -0.3 is 15.1 Å². The summed E-state index contributed by atoms with van der Waals surface area (Å²) in [5.41, 5.74) is 8.46. The molecule has 3 unspecified atom stereocenters. The minimum absolute atomic E-state index is 0. The number of fused-ring (bicyclic) bond motifs is 1. The Balaban J connectivity index is 0.00000196. The maximum absolute atomic E-state index is 12.8. The highest BCUT2D eigenvalue weighted by Crippen LogP contribution is 2.38. The fraction of sp³-hybridized carbons (Fsp3) is 0.476. The van der Waals surface area contributed by atoms with E-state index in [2.05, 4.69) is 26.0 Å². The Bertz CT molecular complexity index is 786. The number of carbonyl (C=O) groups is 1. The molecule has 2 aliphatic rings. The minimum atomic E-state index is -0.00661. The van der Waals surface area contributed by atoms with Crippen molar-refractivity contribution in [2.24, 2.45) is 17.6 Å². The molecule has 2 aromatic rings. The number of halogens is 1. The molecular weight excluding hydrogens is 348 g/mol. The lowest BCUT2D eigenvalue weighted by Crippen LogP contribution is -2.33. The van der Waals surface area contributed by atoms with Gasteiger partial charge in [-0.05, 0) is 54.4 Å². The van der Waals surface area contributed by atoms with Gasteiger partial charge in [-0.1, -0.05) is 32.0 Å². The van der Waals surface area contributed by atoms with Crippen molar-refractivity contribution < 1.29 is 9.21 Å². The molecule has 0 spiro atoms. The van der Waals surface area contributed by atoms with Gasteiger partial charge in [-0.15, -0.1) is 12.4 Å². The summed E-state index contributed by atoms with van der Waals surface area (Å²) < 4.78 is 5.91. The van der Waals surface area contributed by atoms with Crippen LogP contribution in [0.2, 0.25) is 0 Å². The second-order valence-corrected chi connectivity index (χ2v) is 7.82. The molecule has 140 valence electrons. The van der Waals surface area contributed by atoms with Crippen LogP contribution in [0.4, 0.5) is 0 Å². The number of likely N-dealkylation sites (tertiary alicyclic amines) is 1. The standard InChI is InChI=1S/C21H26N2O2.ClH/c1-13(2)14-4-3-5-15(10-14)19-8-9-20(25-19)21(24)23-11-16-6-7-18(22)17(16)12-23;/h3-5,8-10,13,16-18H,6-7,11-12,22H2,1-2H3;1H. The van der Waals surface area contributed by atoms with Gasteiger partial charge in [0.25, 0.3) is 5.91 Å². The van der Waals surface area contributed by atoms with Gasteiger partial charge in [0.15, 0.2) is 5.76 Å². The van der Waals surface area contributed by atoms with E-state index in [1.165, 1.54) is 5.56 Å². The average Bonchev–Trinajstić information content (AvgIpc) is 3.32. The molecule has 2 N–H and O–H groups in total. The van der Waals surface area contributed by atoms with Crippen molar-refractivity contribution >= 4 is 18.3 Å². The Hall–Kier alpha value is -1.78. The first kappa shape index (κ1) is 19.0. The average molecular weight is 375 g/mol. The highest BCUT2D eigenvalue weighted by Gasteiger charge is 2.43.